The molecule has 2 aliphatic heterocycles. The zero-order chi connectivity index (χ0) is 22.0. The number of aryl methyl sites for hydroxylation is 4. The minimum atomic E-state index is 0.937. The molecule has 32 heavy (non-hydrogen) atoms. The van der Waals surface area contributed by atoms with Crippen molar-refractivity contribution < 1.29 is 9.47 Å². The second-order valence-electron chi connectivity index (χ2n) is 8.76. The highest BCUT2D eigenvalue weighted by atomic mass is 16.5. The van der Waals surface area contributed by atoms with E-state index in [-0.39, 0.29) is 0 Å². The summed E-state index contributed by atoms with van der Waals surface area (Å²) in [6, 6.07) is 25.6. The fourth-order valence-corrected chi connectivity index (χ4v) is 4.97. The molecule has 156 valence electrons. The molecule has 2 heteroatoms. The molecular formula is C30H24O2. The summed E-state index contributed by atoms with van der Waals surface area (Å²) in [6.45, 7) is 8.46. The lowest BCUT2D eigenvalue weighted by molar-refractivity contribution is 0.464. The number of fused-ring (bicyclic) bond motifs is 4. The Balaban J connectivity index is 1.84. The lowest BCUT2D eigenvalue weighted by atomic mass is 9.81. The van der Waals surface area contributed by atoms with Crippen LogP contribution < -0.4 is 9.47 Å². The van der Waals surface area contributed by atoms with Crippen LogP contribution in [0.25, 0.3) is 11.1 Å². The summed E-state index contributed by atoms with van der Waals surface area (Å²) in [5, 5.41) is 0. The normalized spacial score (nSPS) is 13.4. The van der Waals surface area contributed by atoms with Crippen molar-refractivity contribution in [3.63, 3.8) is 0 Å². The maximum Gasteiger partial charge on any atom is 0.138 e. The van der Waals surface area contributed by atoms with Crippen LogP contribution in [0.5, 0.6) is 23.0 Å². The molecule has 4 aromatic rings. The third kappa shape index (κ3) is 2.59. The Hall–Kier alpha value is -3.78. The first-order chi connectivity index (χ1) is 15.5. The SMILES string of the molecule is Cc1cccc2c1Oc1c(C)cccc1C2=C1c2cccc(C)c2Oc2c(C)cccc21. The first kappa shape index (κ1) is 18.9. The number of rotatable bonds is 0. The molecule has 0 fully saturated rings. The molecule has 0 aromatic heterocycles. The van der Waals surface area contributed by atoms with Crippen molar-refractivity contribution in [3.8, 4) is 23.0 Å². The van der Waals surface area contributed by atoms with Crippen molar-refractivity contribution in [1.29, 1.82) is 0 Å². The minimum absolute atomic E-state index is 0.937. The molecule has 2 nitrogen and oxygen atoms in total. The van der Waals surface area contributed by atoms with Crippen LogP contribution in [0.15, 0.2) is 72.8 Å². The van der Waals surface area contributed by atoms with E-state index in [2.05, 4.69) is 100 Å². The topological polar surface area (TPSA) is 18.5 Å². The maximum atomic E-state index is 6.52. The molecule has 0 aliphatic carbocycles. The molecule has 0 spiro atoms. The highest BCUT2D eigenvalue weighted by Gasteiger charge is 2.32. The number of hydrogen-bond acceptors (Lipinski definition) is 2. The van der Waals surface area contributed by atoms with Gasteiger partial charge in [0.25, 0.3) is 0 Å². The molecule has 0 atom stereocenters. The first-order valence-corrected chi connectivity index (χ1v) is 11.0. The Morgan fingerprint density at radius 3 is 0.875 bits per heavy atom. The largest absolute Gasteiger partial charge is 0.456 e. The molecular weight excluding hydrogens is 392 g/mol. The molecule has 4 aromatic carbocycles. The van der Waals surface area contributed by atoms with Crippen molar-refractivity contribution in [2.24, 2.45) is 0 Å². The lowest BCUT2D eigenvalue weighted by Crippen LogP contribution is -2.11. The molecule has 0 radical (unpaired) electrons. The van der Waals surface area contributed by atoms with E-state index < -0.39 is 0 Å². The van der Waals surface area contributed by atoms with E-state index in [0.717, 1.165) is 67.5 Å². The zero-order valence-electron chi connectivity index (χ0n) is 18.7. The average Bonchev–Trinajstić information content (AvgIpc) is 2.79. The van der Waals surface area contributed by atoms with Crippen LogP contribution in [-0.4, -0.2) is 0 Å². The summed E-state index contributed by atoms with van der Waals surface area (Å²) in [5.74, 6) is 3.75. The van der Waals surface area contributed by atoms with Gasteiger partial charge in [0, 0.05) is 33.4 Å². The second kappa shape index (κ2) is 6.86. The van der Waals surface area contributed by atoms with Crippen molar-refractivity contribution in [3.05, 3.63) is 117 Å². The Bertz CT molecular complexity index is 1240. The van der Waals surface area contributed by atoms with Crippen LogP contribution in [-0.2, 0) is 0 Å². The third-order valence-corrected chi connectivity index (χ3v) is 6.58. The number of ether oxygens (including phenoxy) is 2. The molecule has 6 rings (SSSR count). The van der Waals surface area contributed by atoms with Crippen LogP contribution in [0.1, 0.15) is 44.5 Å². The summed E-state index contributed by atoms with van der Waals surface area (Å²) in [5.41, 5.74) is 11.4. The van der Waals surface area contributed by atoms with E-state index in [1.165, 1.54) is 11.1 Å². The molecule has 0 saturated heterocycles. The van der Waals surface area contributed by atoms with E-state index in [1.54, 1.807) is 0 Å². The van der Waals surface area contributed by atoms with Crippen molar-refractivity contribution in [2.45, 2.75) is 27.7 Å². The Labute approximate surface area is 188 Å². The minimum Gasteiger partial charge on any atom is -0.456 e. The Morgan fingerprint density at radius 2 is 0.625 bits per heavy atom. The highest BCUT2D eigenvalue weighted by Crippen LogP contribution is 2.55. The Kier molecular flexibility index (Phi) is 4.06. The van der Waals surface area contributed by atoms with Crippen molar-refractivity contribution in [2.75, 3.05) is 0 Å². The van der Waals surface area contributed by atoms with E-state index in [9.17, 15) is 0 Å². The van der Waals surface area contributed by atoms with Gasteiger partial charge in [0.05, 0.1) is 0 Å². The summed E-state index contributed by atoms with van der Waals surface area (Å²) in [7, 11) is 0. The average molecular weight is 417 g/mol. The molecule has 0 unspecified atom stereocenters. The first-order valence-electron chi connectivity index (χ1n) is 11.0. The standard InChI is InChI=1S/C30H24O2/c1-17-9-5-13-21-25(22-14-6-10-18(2)28(22)31-27(17)21)26-23-15-7-11-19(3)29(23)32-30-20(4)12-8-16-24(26)30/h5-16H,1-4H3. The van der Waals surface area contributed by atoms with Gasteiger partial charge in [-0.1, -0.05) is 72.8 Å². The number of hydrogen-bond donors (Lipinski definition) is 0. The van der Waals surface area contributed by atoms with Crippen LogP contribution in [0.2, 0.25) is 0 Å². The summed E-state index contributed by atoms with van der Waals surface area (Å²) in [6.07, 6.45) is 0. The molecule has 0 amide bonds. The van der Waals surface area contributed by atoms with Gasteiger partial charge < -0.3 is 9.47 Å². The van der Waals surface area contributed by atoms with E-state index >= 15 is 0 Å². The zero-order valence-corrected chi connectivity index (χ0v) is 18.7. The molecule has 0 saturated carbocycles. The molecule has 0 bridgehead atoms. The predicted octanol–water partition coefficient (Wildman–Crippen LogP) is 8.14. The van der Waals surface area contributed by atoms with E-state index in [0.29, 0.717) is 0 Å². The maximum absolute atomic E-state index is 6.52. The van der Waals surface area contributed by atoms with Crippen LogP contribution in [0.4, 0.5) is 0 Å². The third-order valence-electron chi connectivity index (χ3n) is 6.58. The van der Waals surface area contributed by atoms with Crippen LogP contribution in [0.3, 0.4) is 0 Å². The highest BCUT2D eigenvalue weighted by molar-refractivity contribution is 6.10. The van der Waals surface area contributed by atoms with E-state index in [4.69, 9.17) is 9.47 Å². The van der Waals surface area contributed by atoms with E-state index in [1.807, 2.05) is 0 Å². The van der Waals surface area contributed by atoms with Gasteiger partial charge in [-0.3, -0.25) is 0 Å². The van der Waals surface area contributed by atoms with Gasteiger partial charge in [0.1, 0.15) is 23.0 Å². The quantitative estimate of drug-likeness (QED) is 0.249. The van der Waals surface area contributed by atoms with Gasteiger partial charge in [0.2, 0.25) is 0 Å². The summed E-state index contributed by atoms with van der Waals surface area (Å²) >= 11 is 0. The number of benzene rings is 4. The van der Waals surface area contributed by atoms with Gasteiger partial charge >= 0.3 is 0 Å². The van der Waals surface area contributed by atoms with Crippen molar-refractivity contribution >= 4 is 11.1 Å². The van der Waals surface area contributed by atoms with Gasteiger partial charge in [-0.2, -0.15) is 0 Å². The fraction of sp³-hybridized carbons (Fsp3) is 0.133. The van der Waals surface area contributed by atoms with Gasteiger partial charge in [-0.15, -0.1) is 0 Å². The summed E-state index contributed by atoms with van der Waals surface area (Å²) < 4.78 is 13.0. The monoisotopic (exact) mass is 416 g/mol. The molecule has 0 N–H and O–H groups in total. The van der Waals surface area contributed by atoms with Gasteiger partial charge in [0.15, 0.2) is 0 Å². The van der Waals surface area contributed by atoms with Crippen molar-refractivity contribution in [1.82, 2.24) is 0 Å². The van der Waals surface area contributed by atoms with Crippen LogP contribution in [0, 0.1) is 27.7 Å². The van der Waals surface area contributed by atoms with Crippen LogP contribution >= 0.6 is 0 Å². The fourth-order valence-electron chi connectivity index (χ4n) is 4.97. The number of para-hydroxylation sites is 4. The van der Waals surface area contributed by atoms with Gasteiger partial charge in [-0.05, 0) is 49.9 Å². The predicted molar refractivity (Wildman–Crippen MR) is 130 cm³/mol. The second-order valence-corrected chi connectivity index (χ2v) is 8.76. The summed E-state index contributed by atoms with van der Waals surface area (Å²) in [4.78, 5) is 0. The smallest absolute Gasteiger partial charge is 0.138 e. The van der Waals surface area contributed by atoms with Gasteiger partial charge in [-0.25, -0.2) is 0 Å². The molecule has 2 aliphatic rings. The molecule has 2 heterocycles. The lowest BCUT2D eigenvalue weighted by Gasteiger charge is -2.32. The Morgan fingerprint density at radius 1 is 0.375 bits per heavy atom.